The standard InChI is InChI=1S/C15H25N3O/c1-14(2,12-16)18-10-8-17(9-11-18)13(19)15(3)6-4-5-7-15/h4-11H2,1-3H3. The van der Waals surface area contributed by atoms with Crippen LogP contribution in [-0.2, 0) is 4.79 Å². The van der Waals surface area contributed by atoms with Crippen LogP contribution in [0, 0.1) is 16.7 Å². The fourth-order valence-electron chi connectivity index (χ4n) is 3.29. The van der Waals surface area contributed by atoms with Gasteiger partial charge in [-0.25, -0.2) is 0 Å². The van der Waals surface area contributed by atoms with Crippen LogP contribution >= 0.6 is 0 Å². The second kappa shape index (κ2) is 5.13. The molecule has 0 spiro atoms. The molecule has 2 rings (SSSR count). The highest BCUT2D eigenvalue weighted by molar-refractivity contribution is 5.82. The molecular weight excluding hydrogens is 238 g/mol. The minimum Gasteiger partial charge on any atom is -0.340 e. The maximum Gasteiger partial charge on any atom is 0.228 e. The molecular formula is C15H25N3O. The second-order valence-corrected chi connectivity index (χ2v) is 6.72. The van der Waals surface area contributed by atoms with E-state index >= 15 is 0 Å². The van der Waals surface area contributed by atoms with Crippen molar-refractivity contribution in [1.29, 1.82) is 5.26 Å². The van der Waals surface area contributed by atoms with Gasteiger partial charge in [-0.2, -0.15) is 5.26 Å². The molecule has 0 unspecified atom stereocenters. The van der Waals surface area contributed by atoms with Crippen molar-refractivity contribution in [3.05, 3.63) is 0 Å². The van der Waals surface area contributed by atoms with E-state index in [4.69, 9.17) is 5.26 Å². The molecule has 4 heteroatoms. The highest BCUT2D eigenvalue weighted by Crippen LogP contribution is 2.39. The van der Waals surface area contributed by atoms with E-state index in [1.807, 2.05) is 18.7 Å². The second-order valence-electron chi connectivity index (χ2n) is 6.72. The summed E-state index contributed by atoms with van der Waals surface area (Å²) in [7, 11) is 0. The molecule has 0 aromatic heterocycles. The van der Waals surface area contributed by atoms with Crippen LogP contribution in [0.25, 0.3) is 0 Å². The van der Waals surface area contributed by atoms with Crippen LogP contribution in [0.5, 0.6) is 0 Å². The highest BCUT2D eigenvalue weighted by Gasteiger charge is 2.40. The summed E-state index contributed by atoms with van der Waals surface area (Å²) < 4.78 is 0. The quantitative estimate of drug-likeness (QED) is 0.765. The maximum absolute atomic E-state index is 12.6. The topological polar surface area (TPSA) is 47.3 Å². The van der Waals surface area contributed by atoms with Crippen molar-refractivity contribution >= 4 is 5.91 Å². The molecule has 1 aliphatic heterocycles. The average Bonchev–Trinajstić information content (AvgIpc) is 2.86. The molecule has 4 nitrogen and oxygen atoms in total. The fraction of sp³-hybridized carbons (Fsp3) is 0.867. The lowest BCUT2D eigenvalue weighted by Crippen LogP contribution is -2.57. The summed E-state index contributed by atoms with van der Waals surface area (Å²) in [4.78, 5) is 16.8. The Morgan fingerprint density at radius 2 is 1.68 bits per heavy atom. The Hall–Kier alpha value is -1.08. The van der Waals surface area contributed by atoms with E-state index in [0.29, 0.717) is 5.91 Å². The zero-order valence-electron chi connectivity index (χ0n) is 12.4. The van der Waals surface area contributed by atoms with Crippen LogP contribution in [0.1, 0.15) is 46.5 Å². The average molecular weight is 263 g/mol. The fourth-order valence-corrected chi connectivity index (χ4v) is 3.29. The minimum absolute atomic E-state index is 0.118. The molecule has 0 radical (unpaired) electrons. The predicted octanol–water partition coefficient (Wildman–Crippen LogP) is 2.01. The van der Waals surface area contributed by atoms with Crippen molar-refractivity contribution in [3.8, 4) is 6.07 Å². The molecule has 2 aliphatic rings. The highest BCUT2D eigenvalue weighted by atomic mass is 16.2. The van der Waals surface area contributed by atoms with Gasteiger partial charge in [0.2, 0.25) is 5.91 Å². The van der Waals surface area contributed by atoms with E-state index in [1.54, 1.807) is 0 Å². The summed E-state index contributed by atoms with van der Waals surface area (Å²) in [6.07, 6.45) is 4.44. The van der Waals surface area contributed by atoms with Crippen molar-refractivity contribution in [2.24, 2.45) is 5.41 Å². The number of carbonyl (C=O) groups excluding carboxylic acids is 1. The summed E-state index contributed by atoms with van der Waals surface area (Å²) in [5.74, 6) is 0.333. The lowest BCUT2D eigenvalue weighted by molar-refractivity contribution is -0.143. The van der Waals surface area contributed by atoms with E-state index in [9.17, 15) is 4.79 Å². The molecule has 0 aromatic carbocycles. The first kappa shape index (κ1) is 14.3. The molecule has 2 fully saturated rings. The zero-order chi connectivity index (χ0) is 14.1. The van der Waals surface area contributed by atoms with Gasteiger partial charge in [0.05, 0.1) is 6.07 Å². The summed E-state index contributed by atoms with van der Waals surface area (Å²) in [6, 6.07) is 2.34. The van der Waals surface area contributed by atoms with Crippen LogP contribution in [0.4, 0.5) is 0 Å². The van der Waals surface area contributed by atoms with Gasteiger partial charge in [-0.15, -0.1) is 0 Å². The third-order valence-corrected chi connectivity index (χ3v) is 4.85. The number of carbonyl (C=O) groups is 1. The van der Waals surface area contributed by atoms with E-state index in [-0.39, 0.29) is 5.41 Å². The first-order chi connectivity index (χ1) is 8.89. The van der Waals surface area contributed by atoms with Crippen molar-refractivity contribution in [2.45, 2.75) is 52.0 Å². The molecule has 0 atom stereocenters. The normalized spacial score (nSPS) is 24.2. The number of hydrogen-bond acceptors (Lipinski definition) is 3. The van der Waals surface area contributed by atoms with Crippen LogP contribution < -0.4 is 0 Å². The van der Waals surface area contributed by atoms with Crippen LogP contribution in [-0.4, -0.2) is 47.4 Å². The SMILES string of the molecule is CC1(C(=O)N2CCN(C(C)(C)C#N)CC2)CCCC1. The molecule has 1 aliphatic carbocycles. The maximum atomic E-state index is 12.6. The van der Waals surface area contributed by atoms with Gasteiger partial charge in [-0.1, -0.05) is 19.8 Å². The summed E-state index contributed by atoms with van der Waals surface area (Å²) in [6.45, 7) is 9.16. The van der Waals surface area contributed by atoms with Gasteiger partial charge in [0, 0.05) is 31.6 Å². The van der Waals surface area contributed by atoms with Crippen molar-refractivity contribution in [2.75, 3.05) is 26.2 Å². The van der Waals surface area contributed by atoms with E-state index in [2.05, 4.69) is 17.9 Å². The lowest BCUT2D eigenvalue weighted by Gasteiger charge is -2.42. The van der Waals surface area contributed by atoms with Crippen molar-refractivity contribution in [1.82, 2.24) is 9.80 Å². The molecule has 19 heavy (non-hydrogen) atoms. The zero-order valence-corrected chi connectivity index (χ0v) is 12.4. The molecule has 106 valence electrons. The van der Waals surface area contributed by atoms with Gasteiger partial charge in [-0.3, -0.25) is 9.69 Å². The van der Waals surface area contributed by atoms with E-state index in [0.717, 1.165) is 39.0 Å². The lowest BCUT2D eigenvalue weighted by atomic mass is 9.87. The smallest absolute Gasteiger partial charge is 0.228 e. The van der Waals surface area contributed by atoms with Gasteiger partial charge in [0.1, 0.15) is 5.54 Å². The summed E-state index contributed by atoms with van der Waals surface area (Å²) in [5.41, 5.74) is -0.542. The van der Waals surface area contributed by atoms with Gasteiger partial charge in [0.15, 0.2) is 0 Å². The van der Waals surface area contributed by atoms with Crippen LogP contribution in [0.3, 0.4) is 0 Å². The van der Waals surface area contributed by atoms with E-state index < -0.39 is 5.54 Å². The molecule has 0 bridgehead atoms. The van der Waals surface area contributed by atoms with Crippen molar-refractivity contribution in [3.63, 3.8) is 0 Å². The van der Waals surface area contributed by atoms with Crippen LogP contribution in [0.2, 0.25) is 0 Å². The van der Waals surface area contributed by atoms with Gasteiger partial charge < -0.3 is 4.90 Å². The number of piperazine rings is 1. The summed E-state index contributed by atoms with van der Waals surface area (Å²) in [5, 5.41) is 9.16. The number of hydrogen-bond donors (Lipinski definition) is 0. The number of amides is 1. The Labute approximate surface area is 116 Å². The third kappa shape index (κ3) is 2.76. The van der Waals surface area contributed by atoms with Crippen LogP contribution in [0.15, 0.2) is 0 Å². The summed E-state index contributed by atoms with van der Waals surface area (Å²) >= 11 is 0. The third-order valence-electron chi connectivity index (χ3n) is 4.85. The Bertz CT molecular complexity index is 383. The molecule has 1 saturated heterocycles. The number of rotatable bonds is 2. The first-order valence-corrected chi connectivity index (χ1v) is 7.35. The molecule has 1 saturated carbocycles. The predicted molar refractivity (Wildman–Crippen MR) is 74.4 cm³/mol. The number of nitriles is 1. The van der Waals surface area contributed by atoms with Gasteiger partial charge >= 0.3 is 0 Å². The Morgan fingerprint density at radius 1 is 1.16 bits per heavy atom. The van der Waals surface area contributed by atoms with Gasteiger partial charge in [-0.05, 0) is 26.7 Å². The van der Waals surface area contributed by atoms with Crippen molar-refractivity contribution < 1.29 is 4.79 Å². The Balaban J connectivity index is 1.94. The largest absolute Gasteiger partial charge is 0.340 e. The first-order valence-electron chi connectivity index (χ1n) is 7.35. The molecule has 0 aromatic rings. The minimum atomic E-state index is -0.424. The molecule has 0 N–H and O–H groups in total. The van der Waals surface area contributed by atoms with Gasteiger partial charge in [0.25, 0.3) is 0 Å². The number of nitrogens with zero attached hydrogens (tertiary/aromatic N) is 3. The Morgan fingerprint density at radius 3 is 2.16 bits per heavy atom. The van der Waals surface area contributed by atoms with E-state index in [1.165, 1.54) is 12.8 Å². The molecule has 1 heterocycles. The molecule has 1 amide bonds. The monoisotopic (exact) mass is 263 g/mol. The Kier molecular flexibility index (Phi) is 3.87.